The smallest absolute Gasteiger partial charge is 0.306 e. The minimum Gasteiger partial charge on any atom is -0.547 e. The minimum atomic E-state index is -1.57. The molecule has 0 aromatic heterocycles. The zero-order valence-corrected chi connectivity index (χ0v) is 31.0. The monoisotopic (exact) mass is 627 g/mol. The Kier molecular flexibility index (Phi) is 13.6. The number of unbranched alkanes of at least 4 members (excludes halogenated alkanes) is 14. The van der Waals surface area contributed by atoms with Gasteiger partial charge in [-0.2, -0.15) is 0 Å². The molecule has 252 valence electrons. The van der Waals surface area contributed by atoms with Crippen molar-refractivity contribution in [2.45, 2.75) is 194 Å². The van der Waals surface area contributed by atoms with Crippen LogP contribution in [0.4, 0.5) is 0 Å². The number of carbonyl (C=O) groups excluding carboxylic acids is 1. The Morgan fingerprint density at radius 1 is 0.795 bits per heavy atom. The molecule has 0 N–H and O–H groups in total. The Hall–Kier alpha value is -1.03. The lowest BCUT2D eigenvalue weighted by Gasteiger charge is -2.56. The second-order valence-electron chi connectivity index (χ2n) is 16.8. The predicted octanol–water partition coefficient (Wildman–Crippen LogP) is 12.5. The fourth-order valence-electron chi connectivity index (χ4n) is 9.78. The molecule has 4 aliphatic rings. The summed E-state index contributed by atoms with van der Waals surface area (Å²) in [4.78, 5) is 13.0. The summed E-state index contributed by atoms with van der Waals surface area (Å²) in [7, 11) is -1.57. The third kappa shape index (κ3) is 9.51. The Bertz CT molecular complexity index is 962. The molecular formula is C40H70O3Si. The van der Waals surface area contributed by atoms with Crippen LogP contribution in [-0.4, -0.2) is 20.4 Å². The molecule has 0 aliphatic heterocycles. The molecule has 0 amide bonds. The average Bonchev–Trinajstić information content (AvgIpc) is 3.30. The van der Waals surface area contributed by atoms with Gasteiger partial charge in [-0.1, -0.05) is 117 Å². The van der Waals surface area contributed by atoms with Crippen LogP contribution in [0.2, 0.25) is 19.6 Å². The van der Waals surface area contributed by atoms with Gasteiger partial charge >= 0.3 is 5.97 Å². The predicted molar refractivity (Wildman–Crippen MR) is 189 cm³/mol. The summed E-state index contributed by atoms with van der Waals surface area (Å²) in [6.45, 7) is 14.2. The van der Waals surface area contributed by atoms with Gasteiger partial charge in [0.1, 0.15) is 6.10 Å². The first-order valence-corrected chi connectivity index (χ1v) is 22.8. The standard InChI is InChI=1S/C40H70O3Si/c1-7-8-9-10-11-12-13-14-15-16-17-18-19-20-21-22-38(41)42-37-26-25-35-34-24-23-32-31-33(43-44(4,5)6)27-29-39(32,2)36(34)28-30-40(35,37)3/h23,31,34-37H,7-22,24-30H2,1-6H3/t34-,35-,36-,37+,39-,40-/m0/s1. The fraction of sp³-hybridized carbons (Fsp3) is 0.875. The third-order valence-corrected chi connectivity index (χ3v) is 13.2. The Morgan fingerprint density at radius 3 is 1.98 bits per heavy atom. The van der Waals surface area contributed by atoms with Crippen molar-refractivity contribution >= 4 is 14.3 Å². The third-order valence-electron chi connectivity index (χ3n) is 12.3. The van der Waals surface area contributed by atoms with Crippen LogP contribution in [0.25, 0.3) is 0 Å². The van der Waals surface area contributed by atoms with E-state index in [1.165, 1.54) is 128 Å². The van der Waals surface area contributed by atoms with Crippen LogP contribution in [0.5, 0.6) is 0 Å². The van der Waals surface area contributed by atoms with Crippen LogP contribution >= 0.6 is 0 Å². The van der Waals surface area contributed by atoms with E-state index in [1.54, 1.807) is 5.57 Å². The van der Waals surface area contributed by atoms with E-state index in [1.807, 2.05) is 0 Å². The Balaban J connectivity index is 1.12. The van der Waals surface area contributed by atoms with Crippen molar-refractivity contribution in [2.24, 2.45) is 28.6 Å². The number of hydrogen-bond donors (Lipinski definition) is 0. The topological polar surface area (TPSA) is 35.5 Å². The molecule has 0 unspecified atom stereocenters. The summed E-state index contributed by atoms with van der Waals surface area (Å²) in [5, 5.41) is 0. The average molecular weight is 627 g/mol. The molecular weight excluding hydrogens is 557 g/mol. The van der Waals surface area contributed by atoms with Crippen LogP contribution in [0, 0.1) is 28.6 Å². The molecule has 0 aromatic rings. The van der Waals surface area contributed by atoms with Crippen LogP contribution in [-0.2, 0) is 14.0 Å². The summed E-state index contributed by atoms with van der Waals surface area (Å²) in [6, 6.07) is 0. The second-order valence-corrected chi connectivity index (χ2v) is 21.2. The van der Waals surface area contributed by atoms with Gasteiger partial charge in [-0.05, 0) is 99.4 Å². The van der Waals surface area contributed by atoms with E-state index in [4.69, 9.17) is 9.16 Å². The first-order valence-electron chi connectivity index (χ1n) is 19.4. The van der Waals surface area contributed by atoms with Crippen molar-refractivity contribution in [3.8, 4) is 0 Å². The molecule has 0 aromatic carbocycles. The summed E-state index contributed by atoms with van der Waals surface area (Å²) >= 11 is 0. The van der Waals surface area contributed by atoms with Crippen molar-refractivity contribution in [3.05, 3.63) is 23.5 Å². The number of carbonyl (C=O) groups is 1. The van der Waals surface area contributed by atoms with Crippen molar-refractivity contribution in [1.82, 2.24) is 0 Å². The first-order chi connectivity index (χ1) is 21.1. The zero-order valence-electron chi connectivity index (χ0n) is 30.0. The van der Waals surface area contributed by atoms with E-state index >= 15 is 0 Å². The molecule has 0 spiro atoms. The molecule has 44 heavy (non-hydrogen) atoms. The SMILES string of the molecule is CCCCCCCCCCCCCCCCCC(=O)O[C@@H]1CC[C@H]2[C@@H]3CC=C4C=C(O[Si](C)(C)C)CC[C@]4(C)[C@H]3CC[C@]12C. The number of fused-ring (bicyclic) bond motifs is 5. The molecule has 0 saturated heterocycles. The molecule has 2 fully saturated rings. The van der Waals surface area contributed by atoms with E-state index in [2.05, 4.69) is 52.6 Å². The quantitative estimate of drug-likeness (QED) is 0.0813. The van der Waals surface area contributed by atoms with Crippen LogP contribution in [0.3, 0.4) is 0 Å². The Labute approximate surface area is 273 Å². The summed E-state index contributed by atoms with van der Waals surface area (Å²) in [5.41, 5.74) is 1.98. The molecule has 3 nitrogen and oxygen atoms in total. The number of hydrogen-bond acceptors (Lipinski definition) is 3. The molecule has 0 radical (unpaired) electrons. The number of rotatable bonds is 19. The second kappa shape index (κ2) is 16.7. The van der Waals surface area contributed by atoms with Gasteiger partial charge in [0, 0.05) is 18.3 Å². The van der Waals surface area contributed by atoms with Gasteiger partial charge in [-0.15, -0.1) is 0 Å². The highest BCUT2D eigenvalue weighted by molar-refractivity contribution is 6.70. The van der Waals surface area contributed by atoms with Crippen molar-refractivity contribution in [1.29, 1.82) is 0 Å². The van der Waals surface area contributed by atoms with Gasteiger partial charge in [0.05, 0.1) is 5.76 Å². The number of esters is 1. The summed E-state index contributed by atoms with van der Waals surface area (Å²) < 4.78 is 12.7. The highest BCUT2D eigenvalue weighted by Gasteiger charge is 2.59. The lowest BCUT2D eigenvalue weighted by Crippen LogP contribution is -2.50. The largest absolute Gasteiger partial charge is 0.547 e. The fourth-order valence-corrected chi connectivity index (χ4v) is 10.7. The van der Waals surface area contributed by atoms with E-state index in [0.717, 1.165) is 31.1 Å². The van der Waals surface area contributed by atoms with E-state index in [0.29, 0.717) is 12.3 Å². The van der Waals surface area contributed by atoms with Gasteiger partial charge in [0.15, 0.2) is 0 Å². The van der Waals surface area contributed by atoms with Gasteiger partial charge in [-0.3, -0.25) is 4.79 Å². The zero-order chi connectivity index (χ0) is 31.6. The molecule has 2 saturated carbocycles. The normalized spacial score (nSPS) is 31.4. The lowest BCUT2D eigenvalue weighted by molar-refractivity contribution is -0.159. The van der Waals surface area contributed by atoms with Crippen LogP contribution < -0.4 is 0 Å². The van der Waals surface area contributed by atoms with Crippen LogP contribution in [0.15, 0.2) is 23.5 Å². The lowest BCUT2D eigenvalue weighted by atomic mass is 9.48. The van der Waals surface area contributed by atoms with Gasteiger partial charge < -0.3 is 9.16 Å². The maximum absolute atomic E-state index is 13.0. The molecule has 4 aliphatic carbocycles. The Morgan fingerprint density at radius 2 is 1.39 bits per heavy atom. The highest BCUT2D eigenvalue weighted by atomic mass is 28.4. The van der Waals surface area contributed by atoms with Crippen LogP contribution in [0.1, 0.15) is 168 Å². The number of allylic oxidation sites excluding steroid dienone is 4. The van der Waals surface area contributed by atoms with Crippen molar-refractivity contribution in [3.63, 3.8) is 0 Å². The summed E-state index contributed by atoms with van der Waals surface area (Å²) in [6.07, 6.45) is 34.3. The maximum Gasteiger partial charge on any atom is 0.306 e. The van der Waals surface area contributed by atoms with Gasteiger partial charge in [0.25, 0.3) is 0 Å². The van der Waals surface area contributed by atoms with E-state index in [9.17, 15) is 4.79 Å². The summed E-state index contributed by atoms with van der Waals surface area (Å²) in [5.74, 6) is 3.46. The number of ether oxygens (including phenoxy) is 1. The van der Waals surface area contributed by atoms with Crippen molar-refractivity contribution in [2.75, 3.05) is 0 Å². The highest BCUT2D eigenvalue weighted by Crippen LogP contribution is 2.65. The van der Waals surface area contributed by atoms with Crippen molar-refractivity contribution < 1.29 is 14.0 Å². The van der Waals surface area contributed by atoms with E-state index in [-0.39, 0.29) is 22.9 Å². The maximum atomic E-state index is 13.0. The molecule has 6 atom stereocenters. The molecule has 4 heteroatoms. The van der Waals surface area contributed by atoms with Gasteiger partial charge in [0.2, 0.25) is 8.32 Å². The molecule has 0 heterocycles. The van der Waals surface area contributed by atoms with E-state index < -0.39 is 8.32 Å². The van der Waals surface area contributed by atoms with Gasteiger partial charge in [-0.25, -0.2) is 0 Å². The molecule has 0 bridgehead atoms. The minimum absolute atomic E-state index is 0.0684. The molecule has 4 rings (SSSR count). The first kappa shape index (κ1) is 35.8.